The van der Waals surface area contributed by atoms with Crippen LogP contribution in [-0.4, -0.2) is 19.1 Å². The summed E-state index contributed by atoms with van der Waals surface area (Å²) in [6.45, 7) is 19.7. The first kappa shape index (κ1) is 19.3. The monoisotopic (exact) mass is 244 g/mol. The highest BCUT2D eigenvalue weighted by Gasteiger charge is 2.08. The van der Waals surface area contributed by atoms with Crippen LogP contribution in [-0.2, 0) is 0 Å². The van der Waals surface area contributed by atoms with Gasteiger partial charge in [0.2, 0.25) is 0 Å². The van der Waals surface area contributed by atoms with Gasteiger partial charge in [-0.05, 0) is 36.8 Å². The van der Waals surface area contributed by atoms with Crippen molar-refractivity contribution in [3.63, 3.8) is 0 Å². The van der Waals surface area contributed by atoms with Gasteiger partial charge < -0.3 is 11.1 Å². The van der Waals surface area contributed by atoms with E-state index < -0.39 is 0 Å². The van der Waals surface area contributed by atoms with Crippen molar-refractivity contribution in [2.75, 3.05) is 13.1 Å². The standard InChI is InChI=1S/C9H21N.C6H15N/c1-8(2)10-7-6-9(3,4)5;1-6(2,3)4-5-7/h8,10H,6-7H2,1-5H3;4-5,7H2,1-3H3. The van der Waals surface area contributed by atoms with Gasteiger partial charge in [0.05, 0.1) is 0 Å². The van der Waals surface area contributed by atoms with Crippen LogP contribution < -0.4 is 11.1 Å². The van der Waals surface area contributed by atoms with Crippen molar-refractivity contribution < 1.29 is 0 Å². The molecule has 0 heterocycles. The van der Waals surface area contributed by atoms with Crippen LogP contribution in [0.2, 0.25) is 0 Å². The van der Waals surface area contributed by atoms with Gasteiger partial charge in [-0.25, -0.2) is 0 Å². The van der Waals surface area contributed by atoms with Crippen LogP contribution in [0.25, 0.3) is 0 Å². The summed E-state index contributed by atoms with van der Waals surface area (Å²) in [6.07, 6.45) is 2.37. The third kappa shape index (κ3) is 25.9. The number of hydrogen-bond acceptors (Lipinski definition) is 2. The molecule has 17 heavy (non-hydrogen) atoms. The van der Waals surface area contributed by atoms with Crippen LogP contribution in [0, 0.1) is 10.8 Å². The highest BCUT2D eigenvalue weighted by atomic mass is 14.9. The SMILES string of the molecule is CC(C)(C)CCN.CC(C)NCCC(C)(C)C. The molecule has 0 aliphatic rings. The molecule has 0 unspecified atom stereocenters. The summed E-state index contributed by atoms with van der Waals surface area (Å²) in [5, 5.41) is 3.40. The zero-order chi connectivity index (χ0) is 14.1. The summed E-state index contributed by atoms with van der Waals surface area (Å²) in [6, 6.07) is 0.627. The van der Waals surface area contributed by atoms with E-state index in [1.807, 2.05) is 0 Å². The van der Waals surface area contributed by atoms with Crippen molar-refractivity contribution in [2.45, 2.75) is 74.3 Å². The molecule has 0 aromatic carbocycles. The summed E-state index contributed by atoms with van der Waals surface area (Å²) in [5.74, 6) is 0. The number of hydrogen-bond donors (Lipinski definition) is 2. The third-order valence-electron chi connectivity index (χ3n) is 2.32. The van der Waals surface area contributed by atoms with E-state index in [1.165, 1.54) is 6.42 Å². The van der Waals surface area contributed by atoms with Crippen LogP contribution in [0.4, 0.5) is 0 Å². The smallest absolute Gasteiger partial charge is 0.00103 e. The lowest BCUT2D eigenvalue weighted by Gasteiger charge is -2.19. The molecule has 0 saturated heterocycles. The van der Waals surface area contributed by atoms with Gasteiger partial charge in [-0.3, -0.25) is 0 Å². The molecule has 0 rings (SSSR count). The molecule has 0 radical (unpaired) electrons. The molecule has 0 aromatic rings. The van der Waals surface area contributed by atoms with E-state index in [-0.39, 0.29) is 0 Å². The molecular formula is C15H36N2. The van der Waals surface area contributed by atoms with Gasteiger partial charge in [0.15, 0.2) is 0 Å². The Hall–Kier alpha value is -0.0800. The number of rotatable bonds is 4. The Morgan fingerprint density at radius 1 is 0.882 bits per heavy atom. The molecule has 0 saturated carbocycles. The Labute approximate surface area is 110 Å². The molecule has 0 bridgehead atoms. The highest BCUT2D eigenvalue weighted by Crippen LogP contribution is 2.17. The van der Waals surface area contributed by atoms with E-state index in [1.54, 1.807) is 0 Å². The summed E-state index contributed by atoms with van der Waals surface area (Å²) < 4.78 is 0. The van der Waals surface area contributed by atoms with Crippen molar-refractivity contribution in [2.24, 2.45) is 16.6 Å². The second-order valence-electron chi connectivity index (χ2n) is 7.52. The maximum Gasteiger partial charge on any atom is 0.00103 e. The minimum Gasteiger partial charge on any atom is -0.330 e. The minimum absolute atomic E-state index is 0.425. The van der Waals surface area contributed by atoms with Crippen LogP contribution in [0.3, 0.4) is 0 Å². The Balaban J connectivity index is 0. The van der Waals surface area contributed by atoms with Crippen molar-refractivity contribution in [1.82, 2.24) is 5.32 Å². The van der Waals surface area contributed by atoms with Crippen LogP contribution >= 0.6 is 0 Å². The molecule has 0 fully saturated rings. The largest absolute Gasteiger partial charge is 0.330 e. The van der Waals surface area contributed by atoms with Crippen LogP contribution in [0.5, 0.6) is 0 Å². The topological polar surface area (TPSA) is 38.0 Å². The molecule has 3 N–H and O–H groups in total. The number of nitrogens with one attached hydrogen (secondary N) is 1. The van der Waals surface area contributed by atoms with Crippen LogP contribution in [0.15, 0.2) is 0 Å². The maximum atomic E-state index is 5.31. The summed E-state index contributed by atoms with van der Waals surface area (Å²) >= 11 is 0. The summed E-state index contributed by atoms with van der Waals surface area (Å²) in [4.78, 5) is 0. The predicted molar refractivity (Wildman–Crippen MR) is 80.3 cm³/mol. The molecule has 0 aromatic heterocycles. The molecule has 0 aliphatic carbocycles. The van der Waals surface area contributed by atoms with E-state index >= 15 is 0 Å². The Kier molecular flexibility index (Phi) is 10.1. The van der Waals surface area contributed by atoms with E-state index in [9.17, 15) is 0 Å². The first-order chi connectivity index (χ1) is 7.48. The van der Waals surface area contributed by atoms with Gasteiger partial charge in [0.1, 0.15) is 0 Å². The third-order valence-corrected chi connectivity index (χ3v) is 2.32. The fourth-order valence-electron chi connectivity index (χ4n) is 1.17. The molecule has 0 atom stereocenters. The van der Waals surface area contributed by atoms with Crippen molar-refractivity contribution in [1.29, 1.82) is 0 Å². The van der Waals surface area contributed by atoms with Gasteiger partial charge in [-0.2, -0.15) is 0 Å². The second-order valence-corrected chi connectivity index (χ2v) is 7.52. The molecule has 2 heteroatoms. The molecular weight excluding hydrogens is 208 g/mol. The normalized spacial score (nSPS) is 12.4. The van der Waals surface area contributed by atoms with Crippen molar-refractivity contribution in [3.05, 3.63) is 0 Å². The molecule has 2 nitrogen and oxygen atoms in total. The van der Waals surface area contributed by atoms with Gasteiger partial charge >= 0.3 is 0 Å². The molecule has 0 aliphatic heterocycles. The Morgan fingerprint density at radius 3 is 1.47 bits per heavy atom. The zero-order valence-electron chi connectivity index (χ0n) is 13.5. The van der Waals surface area contributed by atoms with Crippen LogP contribution in [0.1, 0.15) is 68.2 Å². The quantitative estimate of drug-likeness (QED) is 0.789. The summed E-state index contributed by atoms with van der Waals surface area (Å²) in [7, 11) is 0. The average Bonchev–Trinajstić information content (AvgIpc) is 1.98. The first-order valence-electron chi connectivity index (χ1n) is 6.91. The second kappa shape index (κ2) is 8.93. The van der Waals surface area contributed by atoms with Gasteiger partial charge in [-0.1, -0.05) is 55.4 Å². The van der Waals surface area contributed by atoms with Gasteiger partial charge in [0.25, 0.3) is 0 Å². The molecule has 106 valence electrons. The zero-order valence-corrected chi connectivity index (χ0v) is 13.5. The predicted octanol–water partition coefficient (Wildman–Crippen LogP) is 3.80. The van der Waals surface area contributed by atoms with Crippen molar-refractivity contribution >= 4 is 0 Å². The first-order valence-corrected chi connectivity index (χ1v) is 6.91. The Bertz CT molecular complexity index is 161. The van der Waals surface area contributed by atoms with E-state index in [4.69, 9.17) is 5.73 Å². The average molecular weight is 244 g/mol. The van der Waals surface area contributed by atoms with Crippen molar-refractivity contribution in [3.8, 4) is 0 Å². The highest BCUT2D eigenvalue weighted by molar-refractivity contribution is 4.64. The molecule has 0 spiro atoms. The maximum absolute atomic E-state index is 5.31. The summed E-state index contributed by atoms with van der Waals surface area (Å²) in [5.41, 5.74) is 6.21. The van der Waals surface area contributed by atoms with E-state index in [0.29, 0.717) is 16.9 Å². The fraction of sp³-hybridized carbons (Fsp3) is 1.00. The lowest BCUT2D eigenvalue weighted by Crippen LogP contribution is -2.26. The lowest BCUT2D eigenvalue weighted by molar-refractivity contribution is 0.360. The minimum atomic E-state index is 0.425. The van der Waals surface area contributed by atoms with E-state index in [0.717, 1.165) is 19.5 Å². The van der Waals surface area contributed by atoms with Gasteiger partial charge in [-0.15, -0.1) is 0 Å². The van der Waals surface area contributed by atoms with E-state index in [2.05, 4.69) is 60.7 Å². The number of nitrogens with two attached hydrogens (primary N) is 1. The lowest BCUT2D eigenvalue weighted by atomic mass is 9.92. The fourth-order valence-corrected chi connectivity index (χ4v) is 1.17. The Morgan fingerprint density at radius 2 is 1.29 bits per heavy atom. The molecule has 0 amide bonds. The van der Waals surface area contributed by atoms with Gasteiger partial charge in [0, 0.05) is 6.04 Å².